The molecule has 2 aliphatic rings. The number of benzene rings is 3. The number of carbonyl (C=O) groups is 1. The van der Waals surface area contributed by atoms with Gasteiger partial charge in [-0.1, -0.05) is 35.9 Å². The van der Waals surface area contributed by atoms with E-state index in [0.717, 1.165) is 33.8 Å². The number of nitrogens with one attached hydrogen (secondary N) is 2. The van der Waals surface area contributed by atoms with Crippen molar-refractivity contribution in [1.29, 1.82) is 0 Å². The lowest BCUT2D eigenvalue weighted by Crippen LogP contribution is -2.27. The molecular formula is C31H33ClN2O4. The number of allylic oxidation sites excluding steroid dienone is 1. The molecule has 3 aromatic carbocycles. The van der Waals surface area contributed by atoms with Gasteiger partial charge in [-0.15, -0.1) is 0 Å². The van der Waals surface area contributed by atoms with Gasteiger partial charge in [-0.2, -0.15) is 0 Å². The van der Waals surface area contributed by atoms with Crippen LogP contribution in [-0.4, -0.2) is 25.6 Å². The summed E-state index contributed by atoms with van der Waals surface area (Å²) >= 11 is 6.56. The molecule has 2 atom stereocenters. The summed E-state index contributed by atoms with van der Waals surface area (Å²) < 4.78 is 17.2. The predicted molar refractivity (Wildman–Crippen MR) is 152 cm³/mol. The van der Waals surface area contributed by atoms with Crippen LogP contribution in [0.2, 0.25) is 5.02 Å². The third kappa shape index (κ3) is 5.18. The van der Waals surface area contributed by atoms with E-state index in [2.05, 4.69) is 10.6 Å². The fourth-order valence-corrected chi connectivity index (χ4v) is 5.48. The van der Waals surface area contributed by atoms with Crippen molar-refractivity contribution in [2.24, 2.45) is 0 Å². The molecular weight excluding hydrogens is 500 g/mol. The summed E-state index contributed by atoms with van der Waals surface area (Å²) in [6.07, 6.45) is 1.12. The molecule has 0 saturated heterocycles. The Labute approximate surface area is 228 Å². The first kappa shape index (κ1) is 26.0. The van der Waals surface area contributed by atoms with Crippen LogP contribution in [0.5, 0.6) is 17.2 Å². The molecule has 1 aliphatic carbocycles. The first-order chi connectivity index (χ1) is 18.4. The van der Waals surface area contributed by atoms with Gasteiger partial charge in [0.15, 0.2) is 17.3 Å². The Morgan fingerprint density at radius 2 is 1.68 bits per heavy atom. The summed E-state index contributed by atoms with van der Waals surface area (Å²) in [5, 5.41) is 7.72. The molecule has 5 rings (SSSR count). The molecule has 0 aromatic heterocycles. The Morgan fingerprint density at radius 1 is 0.947 bits per heavy atom. The number of anilines is 2. The Morgan fingerprint density at radius 3 is 2.39 bits per heavy atom. The molecule has 0 amide bonds. The number of halogens is 1. The fraction of sp³-hybridized carbons (Fsp3) is 0.323. The van der Waals surface area contributed by atoms with Gasteiger partial charge in [0.05, 0.1) is 42.3 Å². The Bertz CT molecular complexity index is 1380. The van der Waals surface area contributed by atoms with Crippen LogP contribution in [0, 0.1) is 0 Å². The van der Waals surface area contributed by atoms with Crippen molar-refractivity contribution in [2.45, 2.75) is 51.7 Å². The molecule has 6 nitrogen and oxygen atoms in total. The maximum atomic E-state index is 13.9. The van der Waals surface area contributed by atoms with Gasteiger partial charge >= 0.3 is 0 Å². The Balaban J connectivity index is 1.54. The van der Waals surface area contributed by atoms with Gasteiger partial charge in [0, 0.05) is 17.7 Å². The molecule has 38 heavy (non-hydrogen) atoms. The molecule has 1 heterocycles. The summed E-state index contributed by atoms with van der Waals surface area (Å²) in [6, 6.07) is 19.4. The second-order valence-electron chi connectivity index (χ2n) is 9.87. The van der Waals surface area contributed by atoms with Crippen LogP contribution < -0.4 is 24.8 Å². The topological polar surface area (TPSA) is 68.8 Å². The number of fused-ring (bicyclic) bond motifs is 1. The van der Waals surface area contributed by atoms with E-state index in [0.29, 0.717) is 41.7 Å². The van der Waals surface area contributed by atoms with E-state index in [-0.39, 0.29) is 23.8 Å². The van der Waals surface area contributed by atoms with Crippen molar-refractivity contribution in [3.05, 3.63) is 88.1 Å². The van der Waals surface area contributed by atoms with E-state index in [9.17, 15) is 4.79 Å². The zero-order chi connectivity index (χ0) is 26.8. The Kier molecular flexibility index (Phi) is 7.52. The van der Waals surface area contributed by atoms with Gasteiger partial charge in [0.2, 0.25) is 0 Å². The smallest absolute Gasteiger partial charge is 0.163 e. The van der Waals surface area contributed by atoms with Crippen molar-refractivity contribution in [1.82, 2.24) is 0 Å². The average molecular weight is 533 g/mol. The second-order valence-corrected chi connectivity index (χ2v) is 10.3. The van der Waals surface area contributed by atoms with Gasteiger partial charge in [-0.05, 0) is 80.6 Å². The van der Waals surface area contributed by atoms with E-state index < -0.39 is 0 Å². The maximum absolute atomic E-state index is 13.9. The molecule has 2 N–H and O–H groups in total. The molecule has 3 aromatic rings. The molecule has 1 aliphatic heterocycles. The largest absolute Gasteiger partial charge is 0.493 e. The Hall–Kier alpha value is -3.64. The zero-order valence-electron chi connectivity index (χ0n) is 22.1. The fourth-order valence-electron chi connectivity index (χ4n) is 5.24. The summed E-state index contributed by atoms with van der Waals surface area (Å²) in [4.78, 5) is 13.9. The van der Waals surface area contributed by atoms with Crippen LogP contribution in [0.4, 0.5) is 11.4 Å². The first-order valence-corrected chi connectivity index (χ1v) is 13.4. The standard InChI is InChI=1S/C31H33ClN2O4/c1-5-37-27-12-11-20(14-22(27)32)31-30-25(33-23-8-6-7-9-24(23)34-31)15-21(16-26(30)35)19-10-13-28(38-18(2)3)29(17-19)36-4/h6-14,17-18,21,31,33-34H,5,15-16H2,1-4H3. The lowest BCUT2D eigenvalue weighted by atomic mass is 9.78. The molecule has 2 unspecified atom stereocenters. The molecule has 0 radical (unpaired) electrons. The maximum Gasteiger partial charge on any atom is 0.163 e. The van der Waals surface area contributed by atoms with Crippen LogP contribution in [-0.2, 0) is 4.79 Å². The van der Waals surface area contributed by atoms with Gasteiger partial charge in [0.25, 0.3) is 0 Å². The highest BCUT2D eigenvalue weighted by molar-refractivity contribution is 6.32. The highest BCUT2D eigenvalue weighted by Gasteiger charge is 2.36. The summed E-state index contributed by atoms with van der Waals surface area (Å²) in [7, 11) is 1.64. The number of hydrogen-bond donors (Lipinski definition) is 2. The number of ketones is 1. The van der Waals surface area contributed by atoms with E-state index in [4.69, 9.17) is 25.8 Å². The molecule has 0 bridgehead atoms. The quantitative estimate of drug-likeness (QED) is 0.328. The molecule has 7 heteroatoms. The molecule has 198 valence electrons. The number of para-hydroxylation sites is 2. The minimum atomic E-state index is -0.348. The predicted octanol–water partition coefficient (Wildman–Crippen LogP) is 7.51. The second kappa shape index (κ2) is 11.0. The highest BCUT2D eigenvalue weighted by Crippen LogP contribution is 2.46. The molecule has 0 saturated carbocycles. The van der Waals surface area contributed by atoms with Crippen molar-refractivity contribution < 1.29 is 19.0 Å². The minimum absolute atomic E-state index is 0.00517. The third-order valence-corrected chi connectivity index (χ3v) is 7.22. The first-order valence-electron chi connectivity index (χ1n) is 13.0. The number of carbonyl (C=O) groups excluding carboxylic acids is 1. The summed E-state index contributed by atoms with van der Waals surface area (Å²) in [6.45, 7) is 6.43. The normalized spacial score (nSPS) is 18.6. The van der Waals surface area contributed by atoms with Crippen LogP contribution in [0.1, 0.15) is 56.7 Å². The summed E-state index contributed by atoms with van der Waals surface area (Å²) in [5.41, 5.74) is 5.48. The van der Waals surface area contributed by atoms with Crippen molar-refractivity contribution in [3.63, 3.8) is 0 Å². The van der Waals surface area contributed by atoms with Gasteiger partial charge in [-0.25, -0.2) is 0 Å². The van der Waals surface area contributed by atoms with E-state index in [1.807, 2.05) is 81.4 Å². The summed E-state index contributed by atoms with van der Waals surface area (Å²) in [5.74, 6) is 2.11. The highest BCUT2D eigenvalue weighted by atomic mass is 35.5. The van der Waals surface area contributed by atoms with Crippen LogP contribution in [0.15, 0.2) is 71.9 Å². The SMILES string of the molecule is CCOc1ccc(C2Nc3ccccc3NC3=C2C(=O)CC(c2ccc(OC(C)C)c(OC)c2)C3)cc1Cl. The van der Waals surface area contributed by atoms with Crippen LogP contribution >= 0.6 is 11.6 Å². The lowest BCUT2D eigenvalue weighted by molar-refractivity contribution is -0.116. The van der Waals surface area contributed by atoms with Gasteiger partial charge in [-0.3, -0.25) is 4.79 Å². The van der Waals surface area contributed by atoms with Gasteiger partial charge < -0.3 is 24.8 Å². The number of Topliss-reactive ketones (excluding diaryl/α,β-unsaturated/α-hetero) is 1. The monoisotopic (exact) mass is 532 g/mol. The number of rotatable bonds is 7. The van der Waals surface area contributed by atoms with Crippen molar-refractivity contribution in [3.8, 4) is 17.2 Å². The van der Waals surface area contributed by atoms with Crippen LogP contribution in [0.25, 0.3) is 0 Å². The van der Waals surface area contributed by atoms with Crippen molar-refractivity contribution in [2.75, 3.05) is 24.4 Å². The minimum Gasteiger partial charge on any atom is -0.493 e. The molecule has 0 fully saturated rings. The average Bonchev–Trinajstić information content (AvgIpc) is 3.07. The van der Waals surface area contributed by atoms with Crippen LogP contribution in [0.3, 0.4) is 0 Å². The number of hydrogen-bond acceptors (Lipinski definition) is 6. The van der Waals surface area contributed by atoms with E-state index in [1.54, 1.807) is 7.11 Å². The van der Waals surface area contributed by atoms with Crippen molar-refractivity contribution >= 4 is 28.8 Å². The third-order valence-electron chi connectivity index (χ3n) is 6.92. The van der Waals surface area contributed by atoms with E-state index >= 15 is 0 Å². The molecule has 0 spiro atoms. The lowest BCUT2D eigenvalue weighted by Gasteiger charge is -2.30. The number of ether oxygens (including phenoxy) is 3. The van der Waals surface area contributed by atoms with E-state index in [1.165, 1.54) is 0 Å². The number of methoxy groups -OCH3 is 1. The zero-order valence-corrected chi connectivity index (χ0v) is 22.9. The van der Waals surface area contributed by atoms with Gasteiger partial charge in [0.1, 0.15) is 5.75 Å².